The Morgan fingerprint density at radius 2 is 2.42 bits per heavy atom. The van der Waals surface area contributed by atoms with Crippen LogP contribution in [-0.2, 0) is 4.79 Å². The van der Waals surface area contributed by atoms with Gasteiger partial charge in [0, 0.05) is 18.3 Å². The summed E-state index contributed by atoms with van der Waals surface area (Å²) in [5.74, 6) is 1.48. The highest BCUT2D eigenvalue weighted by Gasteiger charge is 2.35. The van der Waals surface area contributed by atoms with Gasteiger partial charge in [-0.1, -0.05) is 13.3 Å². The van der Waals surface area contributed by atoms with Crippen LogP contribution in [0.1, 0.15) is 32.6 Å². The minimum Gasteiger partial charge on any atom is -0.353 e. The van der Waals surface area contributed by atoms with E-state index < -0.39 is 0 Å². The summed E-state index contributed by atoms with van der Waals surface area (Å²) < 4.78 is 0. The number of hydrogen-bond acceptors (Lipinski definition) is 1. The van der Waals surface area contributed by atoms with Crippen LogP contribution in [0.3, 0.4) is 0 Å². The van der Waals surface area contributed by atoms with Crippen molar-refractivity contribution in [2.75, 3.05) is 5.88 Å². The van der Waals surface area contributed by atoms with Crippen LogP contribution in [0.15, 0.2) is 0 Å². The maximum atomic E-state index is 11.1. The molecule has 0 aromatic rings. The highest BCUT2D eigenvalue weighted by Crippen LogP contribution is 2.33. The number of nitrogens with one attached hydrogen (secondary N) is 1. The second-order valence-electron chi connectivity index (χ2n) is 3.37. The van der Waals surface area contributed by atoms with E-state index in [4.69, 9.17) is 11.6 Å². The fourth-order valence-electron chi connectivity index (χ4n) is 1.38. The number of halogens is 1. The first-order valence-corrected chi connectivity index (χ1v) is 5.16. The van der Waals surface area contributed by atoms with E-state index in [-0.39, 0.29) is 5.91 Å². The molecule has 0 aromatic carbocycles. The lowest BCUT2D eigenvalue weighted by molar-refractivity contribution is -0.121. The van der Waals surface area contributed by atoms with Crippen LogP contribution in [0.25, 0.3) is 0 Å². The van der Waals surface area contributed by atoms with Crippen LogP contribution in [-0.4, -0.2) is 17.8 Å². The molecule has 0 spiro atoms. The minimum atomic E-state index is 0.164. The molecule has 1 rings (SSSR count). The van der Waals surface area contributed by atoms with E-state index in [1.54, 1.807) is 0 Å². The number of carbonyl (C=O) groups is 1. The van der Waals surface area contributed by atoms with Crippen LogP contribution >= 0.6 is 11.6 Å². The fraction of sp³-hybridized carbons (Fsp3) is 0.889. The van der Waals surface area contributed by atoms with Crippen molar-refractivity contribution in [1.29, 1.82) is 0 Å². The summed E-state index contributed by atoms with van der Waals surface area (Å²) in [5, 5.41) is 2.99. The molecule has 70 valence electrons. The Labute approximate surface area is 78.7 Å². The first kappa shape index (κ1) is 9.85. The van der Waals surface area contributed by atoms with Gasteiger partial charge in [0.25, 0.3) is 0 Å². The zero-order valence-electron chi connectivity index (χ0n) is 7.48. The molecule has 1 aliphatic rings. The van der Waals surface area contributed by atoms with Gasteiger partial charge in [-0.2, -0.15) is 0 Å². The molecular formula is C9H16ClNO. The predicted octanol–water partition coefficient (Wildman–Crippen LogP) is 1.92. The Bertz CT molecular complexity index is 161. The molecule has 1 aliphatic carbocycles. The Morgan fingerprint density at radius 3 is 2.92 bits per heavy atom. The zero-order chi connectivity index (χ0) is 8.97. The van der Waals surface area contributed by atoms with Gasteiger partial charge in [0.15, 0.2) is 0 Å². The maximum absolute atomic E-state index is 11.1. The molecule has 2 atom stereocenters. The third-order valence-corrected chi connectivity index (χ3v) is 2.60. The fourth-order valence-corrected chi connectivity index (χ4v) is 1.52. The van der Waals surface area contributed by atoms with E-state index in [0.29, 0.717) is 18.3 Å². The van der Waals surface area contributed by atoms with Gasteiger partial charge >= 0.3 is 0 Å². The molecule has 0 aliphatic heterocycles. The topological polar surface area (TPSA) is 29.1 Å². The molecule has 1 fully saturated rings. The van der Waals surface area contributed by atoms with Crippen molar-refractivity contribution in [2.24, 2.45) is 5.92 Å². The van der Waals surface area contributed by atoms with Crippen LogP contribution < -0.4 is 5.32 Å². The lowest BCUT2D eigenvalue weighted by atomic mass is 10.3. The molecule has 1 amide bonds. The van der Waals surface area contributed by atoms with Crippen molar-refractivity contribution in [2.45, 2.75) is 38.6 Å². The average Bonchev–Trinajstić information content (AvgIpc) is 2.80. The predicted molar refractivity (Wildman–Crippen MR) is 50.3 cm³/mol. The smallest absolute Gasteiger partial charge is 0.220 e. The largest absolute Gasteiger partial charge is 0.353 e. The second kappa shape index (κ2) is 4.70. The Morgan fingerprint density at radius 1 is 1.67 bits per heavy atom. The van der Waals surface area contributed by atoms with Crippen molar-refractivity contribution >= 4 is 17.5 Å². The average molecular weight is 190 g/mol. The molecule has 12 heavy (non-hydrogen) atoms. The summed E-state index contributed by atoms with van der Waals surface area (Å²) in [5.41, 5.74) is 0. The van der Waals surface area contributed by atoms with E-state index >= 15 is 0 Å². The van der Waals surface area contributed by atoms with E-state index in [9.17, 15) is 4.79 Å². The summed E-state index contributed by atoms with van der Waals surface area (Å²) in [6.07, 6.45) is 3.72. The van der Waals surface area contributed by atoms with Gasteiger partial charge in [-0.3, -0.25) is 4.79 Å². The van der Waals surface area contributed by atoms with Crippen molar-refractivity contribution in [3.63, 3.8) is 0 Å². The lowest BCUT2D eigenvalue weighted by Gasteiger charge is -2.01. The van der Waals surface area contributed by atoms with Crippen molar-refractivity contribution in [3.8, 4) is 0 Å². The maximum Gasteiger partial charge on any atom is 0.220 e. The van der Waals surface area contributed by atoms with Gasteiger partial charge < -0.3 is 5.32 Å². The Balaban J connectivity index is 2.04. The summed E-state index contributed by atoms with van der Waals surface area (Å²) in [7, 11) is 0. The van der Waals surface area contributed by atoms with Crippen molar-refractivity contribution in [1.82, 2.24) is 5.32 Å². The first-order chi connectivity index (χ1) is 5.77. The van der Waals surface area contributed by atoms with Crippen molar-refractivity contribution < 1.29 is 4.79 Å². The SMILES string of the molecule is CCC1CC1NC(=O)CCCCl. The van der Waals surface area contributed by atoms with Crippen LogP contribution in [0.4, 0.5) is 0 Å². The van der Waals surface area contributed by atoms with Crippen LogP contribution in [0, 0.1) is 5.92 Å². The lowest BCUT2D eigenvalue weighted by Crippen LogP contribution is -2.26. The van der Waals surface area contributed by atoms with Gasteiger partial charge in [0.2, 0.25) is 5.91 Å². The van der Waals surface area contributed by atoms with Gasteiger partial charge in [-0.25, -0.2) is 0 Å². The third kappa shape index (κ3) is 3.02. The summed E-state index contributed by atoms with van der Waals surface area (Å²) >= 11 is 5.47. The first-order valence-electron chi connectivity index (χ1n) is 4.63. The molecule has 0 saturated heterocycles. The zero-order valence-corrected chi connectivity index (χ0v) is 8.23. The van der Waals surface area contributed by atoms with E-state index in [1.807, 2.05) is 0 Å². The Hall–Kier alpha value is -0.240. The minimum absolute atomic E-state index is 0.164. The number of rotatable bonds is 5. The van der Waals surface area contributed by atoms with Gasteiger partial charge in [0.1, 0.15) is 0 Å². The molecule has 0 aromatic heterocycles. The molecule has 2 unspecified atom stereocenters. The number of alkyl halides is 1. The highest BCUT2D eigenvalue weighted by molar-refractivity contribution is 6.17. The quantitative estimate of drug-likeness (QED) is 0.658. The summed E-state index contributed by atoms with van der Waals surface area (Å²) in [6, 6.07) is 0.470. The van der Waals surface area contributed by atoms with E-state index in [0.717, 1.165) is 12.3 Å². The molecule has 0 heterocycles. The van der Waals surface area contributed by atoms with E-state index in [2.05, 4.69) is 12.2 Å². The van der Waals surface area contributed by atoms with Crippen LogP contribution in [0.5, 0.6) is 0 Å². The number of hydrogen-bond donors (Lipinski definition) is 1. The van der Waals surface area contributed by atoms with Crippen molar-refractivity contribution in [3.05, 3.63) is 0 Å². The molecule has 2 nitrogen and oxygen atoms in total. The molecule has 0 radical (unpaired) electrons. The van der Waals surface area contributed by atoms with Gasteiger partial charge in [-0.05, 0) is 18.8 Å². The summed E-state index contributed by atoms with van der Waals surface area (Å²) in [6.45, 7) is 2.16. The Kier molecular flexibility index (Phi) is 3.86. The van der Waals surface area contributed by atoms with Crippen LogP contribution in [0.2, 0.25) is 0 Å². The molecule has 3 heteroatoms. The van der Waals surface area contributed by atoms with Gasteiger partial charge in [0.05, 0.1) is 0 Å². The normalized spacial score (nSPS) is 26.8. The third-order valence-electron chi connectivity index (χ3n) is 2.33. The number of amides is 1. The second-order valence-corrected chi connectivity index (χ2v) is 3.75. The molecule has 1 N–H and O–H groups in total. The van der Waals surface area contributed by atoms with E-state index in [1.165, 1.54) is 12.8 Å². The summed E-state index contributed by atoms with van der Waals surface area (Å²) in [4.78, 5) is 11.1. The molecular weight excluding hydrogens is 174 g/mol. The standard InChI is InChI=1S/C9H16ClNO/c1-2-7-6-8(7)11-9(12)4-3-5-10/h7-8H,2-6H2,1H3,(H,11,12). The highest BCUT2D eigenvalue weighted by atomic mass is 35.5. The van der Waals surface area contributed by atoms with Gasteiger partial charge in [-0.15, -0.1) is 11.6 Å². The molecule has 1 saturated carbocycles. The monoisotopic (exact) mass is 189 g/mol. The molecule has 0 bridgehead atoms. The number of carbonyl (C=O) groups excluding carboxylic acids is 1.